The number of fused-ring (bicyclic) bond motifs is 1. The maximum Gasteiger partial charge on any atom is 0.330 e. The largest absolute Gasteiger partial charge is 0.466 e. The molecule has 0 unspecified atom stereocenters. The highest BCUT2D eigenvalue weighted by atomic mass is 28.3. The van der Waals surface area contributed by atoms with Crippen molar-refractivity contribution in [2.45, 2.75) is 20.0 Å². The molecule has 1 heterocycles. The van der Waals surface area contributed by atoms with Gasteiger partial charge in [0.15, 0.2) is 0 Å². The van der Waals surface area contributed by atoms with E-state index in [0.29, 0.717) is 0 Å². The van der Waals surface area contributed by atoms with Gasteiger partial charge in [0.05, 0.1) is 7.11 Å². The van der Waals surface area contributed by atoms with Gasteiger partial charge in [-0.05, 0) is 23.2 Å². The van der Waals surface area contributed by atoms with E-state index >= 15 is 0 Å². The Morgan fingerprint density at radius 3 is 2.44 bits per heavy atom. The van der Waals surface area contributed by atoms with Crippen LogP contribution in [0.3, 0.4) is 0 Å². The molecular formula is C13H16O2Si. The van der Waals surface area contributed by atoms with E-state index in [2.05, 4.69) is 25.2 Å². The number of carbonyl (C=O) groups is 1. The van der Waals surface area contributed by atoms with Crippen LogP contribution in [0.4, 0.5) is 0 Å². The van der Waals surface area contributed by atoms with Crippen LogP contribution in [0.15, 0.2) is 29.5 Å². The van der Waals surface area contributed by atoms with Crippen LogP contribution in [-0.4, -0.2) is 21.2 Å². The van der Waals surface area contributed by atoms with Gasteiger partial charge in [0.25, 0.3) is 0 Å². The number of methoxy groups -OCH3 is 1. The van der Waals surface area contributed by atoms with E-state index in [1.165, 1.54) is 17.9 Å². The third kappa shape index (κ3) is 1.35. The Morgan fingerprint density at radius 1 is 1.25 bits per heavy atom. The summed E-state index contributed by atoms with van der Waals surface area (Å²) in [4.78, 5) is 11.9. The molecule has 1 aromatic rings. The number of ether oxygens (including phenoxy) is 1. The molecule has 1 aliphatic heterocycles. The summed E-state index contributed by atoms with van der Waals surface area (Å²) >= 11 is 0. The van der Waals surface area contributed by atoms with Crippen molar-refractivity contribution in [2.24, 2.45) is 0 Å². The fourth-order valence-electron chi connectivity index (χ4n) is 2.60. The summed E-state index contributed by atoms with van der Waals surface area (Å²) < 4.78 is 4.91. The van der Waals surface area contributed by atoms with E-state index in [4.69, 9.17) is 4.74 Å². The van der Waals surface area contributed by atoms with E-state index < -0.39 is 8.07 Å². The molecule has 0 aliphatic carbocycles. The minimum Gasteiger partial charge on any atom is -0.466 e. The molecule has 0 atom stereocenters. The zero-order valence-electron chi connectivity index (χ0n) is 10.1. The van der Waals surface area contributed by atoms with Gasteiger partial charge >= 0.3 is 5.97 Å². The molecule has 1 aromatic carbocycles. The lowest BCUT2D eigenvalue weighted by atomic mass is 10.1. The predicted octanol–water partition coefficient (Wildman–Crippen LogP) is 2.10. The van der Waals surface area contributed by atoms with Gasteiger partial charge in [-0.15, -0.1) is 0 Å². The van der Waals surface area contributed by atoms with Gasteiger partial charge in [0, 0.05) is 5.20 Å². The topological polar surface area (TPSA) is 26.3 Å². The summed E-state index contributed by atoms with van der Waals surface area (Å²) in [5.41, 5.74) is 2.32. The Labute approximate surface area is 96.9 Å². The Hall–Kier alpha value is -1.35. The van der Waals surface area contributed by atoms with Crippen molar-refractivity contribution in [3.8, 4) is 0 Å². The first-order valence-corrected chi connectivity index (χ1v) is 8.39. The Bertz CT molecular complexity index is 486. The normalized spacial score (nSPS) is 17.2. The van der Waals surface area contributed by atoms with Crippen molar-refractivity contribution < 1.29 is 9.53 Å². The van der Waals surface area contributed by atoms with Crippen molar-refractivity contribution in [3.63, 3.8) is 0 Å². The molecule has 0 spiro atoms. The second-order valence-electron chi connectivity index (χ2n) is 4.66. The fraction of sp³-hybridized carbons (Fsp3) is 0.308. The molecule has 3 heteroatoms. The van der Waals surface area contributed by atoms with Gasteiger partial charge in [-0.3, -0.25) is 0 Å². The summed E-state index contributed by atoms with van der Waals surface area (Å²) in [5, 5.41) is 2.25. The number of allylic oxidation sites excluding steroid dienone is 1. The third-order valence-electron chi connectivity index (χ3n) is 3.39. The lowest BCUT2D eigenvalue weighted by Gasteiger charge is -2.20. The lowest BCUT2D eigenvalue weighted by molar-refractivity contribution is -0.135. The molecule has 1 aliphatic rings. The quantitative estimate of drug-likeness (QED) is 0.547. The summed E-state index contributed by atoms with van der Waals surface area (Å²) in [7, 11) is -0.378. The summed E-state index contributed by atoms with van der Waals surface area (Å²) in [5.74, 6) is -0.162. The second kappa shape index (κ2) is 3.59. The standard InChI is InChI=1S/C13H16O2Si/c1-9-10-7-5-6-8-11(10)16(3,4)12(9)13(14)15-2/h5-8H,1-4H3. The van der Waals surface area contributed by atoms with Crippen molar-refractivity contribution in [1.29, 1.82) is 0 Å². The maximum absolute atomic E-state index is 11.9. The van der Waals surface area contributed by atoms with E-state index in [0.717, 1.165) is 10.8 Å². The Balaban J connectivity index is 2.66. The molecule has 16 heavy (non-hydrogen) atoms. The second-order valence-corrected chi connectivity index (χ2v) is 8.95. The molecule has 0 amide bonds. The molecule has 0 aromatic heterocycles. The first kappa shape index (κ1) is 11.1. The van der Waals surface area contributed by atoms with Crippen LogP contribution in [-0.2, 0) is 9.53 Å². The average Bonchev–Trinajstić information content (AvgIpc) is 2.47. The lowest BCUT2D eigenvalue weighted by Crippen LogP contribution is -2.44. The molecule has 84 valence electrons. The van der Waals surface area contributed by atoms with Crippen LogP contribution in [0.5, 0.6) is 0 Å². The van der Waals surface area contributed by atoms with Gasteiger partial charge in [0.2, 0.25) is 0 Å². The van der Waals surface area contributed by atoms with Gasteiger partial charge in [0.1, 0.15) is 8.07 Å². The maximum atomic E-state index is 11.9. The van der Waals surface area contributed by atoms with E-state index in [1.807, 2.05) is 19.1 Å². The number of carbonyl (C=O) groups excluding carboxylic acids is 1. The number of benzene rings is 1. The van der Waals surface area contributed by atoms with E-state index in [1.54, 1.807) is 0 Å². The molecule has 2 rings (SSSR count). The van der Waals surface area contributed by atoms with Crippen LogP contribution in [0.25, 0.3) is 5.57 Å². The summed E-state index contributed by atoms with van der Waals surface area (Å²) in [6.07, 6.45) is 0. The van der Waals surface area contributed by atoms with Crippen molar-refractivity contribution in [1.82, 2.24) is 0 Å². The van der Waals surface area contributed by atoms with E-state index in [-0.39, 0.29) is 5.97 Å². The first-order valence-electron chi connectivity index (χ1n) is 5.39. The fourth-order valence-corrected chi connectivity index (χ4v) is 6.01. The molecule has 2 nitrogen and oxygen atoms in total. The molecule has 0 saturated heterocycles. The highest BCUT2D eigenvalue weighted by molar-refractivity contribution is 7.01. The molecule has 0 fully saturated rings. The molecular weight excluding hydrogens is 216 g/mol. The van der Waals surface area contributed by atoms with Crippen molar-refractivity contribution >= 4 is 24.8 Å². The Kier molecular flexibility index (Phi) is 2.50. The van der Waals surface area contributed by atoms with Crippen LogP contribution >= 0.6 is 0 Å². The van der Waals surface area contributed by atoms with Crippen LogP contribution < -0.4 is 5.19 Å². The van der Waals surface area contributed by atoms with Crippen molar-refractivity contribution in [3.05, 3.63) is 35.0 Å². The monoisotopic (exact) mass is 232 g/mol. The molecule has 0 radical (unpaired) electrons. The minimum atomic E-state index is -1.83. The highest BCUT2D eigenvalue weighted by Gasteiger charge is 2.41. The number of rotatable bonds is 1. The number of esters is 1. The van der Waals surface area contributed by atoms with Crippen LogP contribution in [0.1, 0.15) is 12.5 Å². The summed E-state index contributed by atoms with van der Waals surface area (Å²) in [6, 6.07) is 8.30. The zero-order valence-corrected chi connectivity index (χ0v) is 11.1. The third-order valence-corrected chi connectivity index (χ3v) is 7.01. The zero-order chi connectivity index (χ0) is 11.9. The SMILES string of the molecule is COC(=O)C1=C(C)c2ccccc2[Si]1(C)C. The summed E-state index contributed by atoms with van der Waals surface area (Å²) in [6.45, 7) is 6.43. The van der Waals surface area contributed by atoms with Gasteiger partial charge in [-0.2, -0.15) is 0 Å². The molecule has 0 N–H and O–H groups in total. The Morgan fingerprint density at radius 2 is 1.88 bits per heavy atom. The number of hydrogen-bond acceptors (Lipinski definition) is 2. The van der Waals surface area contributed by atoms with Gasteiger partial charge < -0.3 is 4.74 Å². The van der Waals surface area contributed by atoms with Gasteiger partial charge in [-0.25, -0.2) is 4.79 Å². The first-order chi connectivity index (χ1) is 7.50. The predicted molar refractivity (Wildman–Crippen MR) is 68.2 cm³/mol. The smallest absolute Gasteiger partial charge is 0.330 e. The van der Waals surface area contributed by atoms with Crippen molar-refractivity contribution in [2.75, 3.05) is 7.11 Å². The number of hydrogen-bond donors (Lipinski definition) is 0. The van der Waals surface area contributed by atoms with Crippen LogP contribution in [0.2, 0.25) is 13.1 Å². The van der Waals surface area contributed by atoms with E-state index in [9.17, 15) is 4.79 Å². The molecule has 0 saturated carbocycles. The van der Waals surface area contributed by atoms with Crippen LogP contribution in [0, 0.1) is 0 Å². The molecule has 0 bridgehead atoms. The minimum absolute atomic E-state index is 0.162. The average molecular weight is 232 g/mol. The highest BCUT2D eigenvalue weighted by Crippen LogP contribution is 2.33. The van der Waals surface area contributed by atoms with Gasteiger partial charge in [-0.1, -0.05) is 37.4 Å².